The van der Waals surface area contributed by atoms with E-state index in [1.807, 2.05) is 13.8 Å². The average molecular weight is 272 g/mol. The number of hydrogen-bond donors (Lipinski definition) is 2. The number of methoxy groups -OCH3 is 2. The summed E-state index contributed by atoms with van der Waals surface area (Å²) < 4.78 is 10.3. The monoisotopic (exact) mass is 272 g/mol. The summed E-state index contributed by atoms with van der Waals surface area (Å²) in [5.41, 5.74) is 6.35. The van der Waals surface area contributed by atoms with Crippen molar-refractivity contribution in [3.05, 3.63) is 4.88 Å². The second kappa shape index (κ2) is 6.61. The van der Waals surface area contributed by atoms with Crippen LogP contribution in [0.15, 0.2) is 0 Å². The van der Waals surface area contributed by atoms with E-state index in [0.717, 1.165) is 5.00 Å². The van der Waals surface area contributed by atoms with Gasteiger partial charge in [-0.2, -0.15) is 0 Å². The van der Waals surface area contributed by atoms with Crippen molar-refractivity contribution in [1.82, 2.24) is 0 Å². The molecule has 1 aromatic heterocycles. The molecule has 0 aliphatic rings. The summed E-state index contributed by atoms with van der Waals surface area (Å²) in [4.78, 5) is 12.3. The number of ether oxygens (including phenoxy) is 2. The fourth-order valence-corrected chi connectivity index (χ4v) is 2.82. The van der Waals surface area contributed by atoms with E-state index in [0.29, 0.717) is 29.3 Å². The number of nitrogens with one attached hydrogen (secondary N) is 1. The summed E-state index contributed by atoms with van der Waals surface area (Å²) in [5, 5.41) is 4.01. The SMILES string of the molecule is CCC(=O)c1sc(NC(C)COC)c(OC)c1N. The van der Waals surface area contributed by atoms with E-state index in [1.54, 1.807) is 14.2 Å². The molecule has 1 rings (SSSR count). The number of carbonyl (C=O) groups excluding carboxylic acids is 1. The molecule has 0 amide bonds. The van der Waals surface area contributed by atoms with Gasteiger partial charge in [-0.05, 0) is 6.92 Å². The third-order valence-corrected chi connectivity index (χ3v) is 3.63. The average Bonchev–Trinajstić information content (AvgIpc) is 2.65. The van der Waals surface area contributed by atoms with E-state index in [-0.39, 0.29) is 11.8 Å². The Morgan fingerprint density at radius 2 is 2.17 bits per heavy atom. The summed E-state index contributed by atoms with van der Waals surface area (Å²) in [7, 11) is 3.19. The largest absolute Gasteiger partial charge is 0.492 e. The van der Waals surface area contributed by atoms with Crippen LogP contribution in [0.3, 0.4) is 0 Å². The number of nitrogens with two attached hydrogens (primary N) is 1. The van der Waals surface area contributed by atoms with Gasteiger partial charge in [-0.3, -0.25) is 4.79 Å². The molecule has 3 N–H and O–H groups in total. The van der Waals surface area contributed by atoms with Gasteiger partial charge in [0.05, 0.1) is 24.3 Å². The zero-order chi connectivity index (χ0) is 13.7. The highest BCUT2D eigenvalue weighted by atomic mass is 32.1. The predicted octanol–water partition coefficient (Wildman–Crippen LogP) is 2.38. The van der Waals surface area contributed by atoms with E-state index in [2.05, 4.69) is 5.32 Å². The zero-order valence-corrected chi connectivity index (χ0v) is 12.0. The minimum Gasteiger partial charge on any atom is -0.492 e. The highest BCUT2D eigenvalue weighted by molar-refractivity contribution is 7.19. The highest BCUT2D eigenvalue weighted by Crippen LogP contribution is 2.43. The highest BCUT2D eigenvalue weighted by Gasteiger charge is 2.21. The van der Waals surface area contributed by atoms with E-state index < -0.39 is 0 Å². The molecule has 1 atom stereocenters. The van der Waals surface area contributed by atoms with Gasteiger partial charge in [-0.1, -0.05) is 6.92 Å². The summed E-state index contributed by atoms with van der Waals surface area (Å²) in [5.74, 6) is 0.572. The van der Waals surface area contributed by atoms with Gasteiger partial charge in [0.2, 0.25) is 0 Å². The molecule has 0 fully saturated rings. The molecule has 0 bridgehead atoms. The molecule has 0 aliphatic heterocycles. The zero-order valence-electron chi connectivity index (χ0n) is 11.2. The molecule has 18 heavy (non-hydrogen) atoms. The van der Waals surface area contributed by atoms with Crippen molar-refractivity contribution < 1.29 is 14.3 Å². The molecule has 0 saturated carbocycles. The van der Waals surface area contributed by atoms with Crippen LogP contribution in [0.5, 0.6) is 5.75 Å². The Labute approximate surface area is 111 Å². The number of nitrogen functional groups attached to an aromatic ring is 1. The predicted molar refractivity (Wildman–Crippen MR) is 74.9 cm³/mol. The van der Waals surface area contributed by atoms with Crippen molar-refractivity contribution >= 4 is 27.8 Å². The second-order valence-electron chi connectivity index (χ2n) is 3.98. The van der Waals surface area contributed by atoms with Crippen molar-refractivity contribution in [2.24, 2.45) is 0 Å². The first-order chi connectivity index (χ1) is 8.54. The summed E-state index contributed by atoms with van der Waals surface area (Å²) in [6.07, 6.45) is 0.431. The molecule has 102 valence electrons. The molecule has 0 aromatic carbocycles. The Morgan fingerprint density at radius 3 is 2.67 bits per heavy atom. The lowest BCUT2D eigenvalue weighted by Gasteiger charge is -2.13. The maximum atomic E-state index is 11.7. The van der Waals surface area contributed by atoms with Crippen LogP contribution in [-0.2, 0) is 4.74 Å². The standard InChI is InChI=1S/C12H20N2O3S/c1-5-8(15)11-9(13)10(17-4)12(18-11)14-7(2)6-16-3/h7,14H,5-6,13H2,1-4H3. The fourth-order valence-electron chi connectivity index (χ4n) is 1.61. The van der Waals surface area contributed by atoms with Gasteiger partial charge < -0.3 is 20.5 Å². The van der Waals surface area contributed by atoms with Gasteiger partial charge in [-0.25, -0.2) is 0 Å². The van der Waals surface area contributed by atoms with Crippen LogP contribution >= 0.6 is 11.3 Å². The first-order valence-corrected chi connectivity index (χ1v) is 6.61. The van der Waals surface area contributed by atoms with Crippen LogP contribution in [0.25, 0.3) is 0 Å². The van der Waals surface area contributed by atoms with Gasteiger partial charge in [-0.15, -0.1) is 11.3 Å². The molecule has 0 radical (unpaired) electrons. The molecule has 5 nitrogen and oxygen atoms in total. The summed E-state index contributed by atoms with van der Waals surface area (Å²) >= 11 is 1.33. The molecule has 6 heteroatoms. The fraction of sp³-hybridized carbons (Fsp3) is 0.583. The number of Topliss-reactive ketones (excluding diaryl/α,β-unsaturated/α-hetero) is 1. The minimum atomic E-state index is 0.0308. The normalized spacial score (nSPS) is 12.2. The molecule has 0 spiro atoms. The van der Waals surface area contributed by atoms with E-state index in [1.165, 1.54) is 11.3 Å². The summed E-state index contributed by atoms with van der Waals surface area (Å²) in [6.45, 7) is 4.37. The third kappa shape index (κ3) is 3.14. The maximum Gasteiger partial charge on any atom is 0.176 e. The number of thiophene rings is 1. The van der Waals surface area contributed by atoms with E-state index in [4.69, 9.17) is 15.2 Å². The minimum absolute atomic E-state index is 0.0308. The van der Waals surface area contributed by atoms with Gasteiger partial charge in [0.1, 0.15) is 5.00 Å². The molecule has 1 heterocycles. The van der Waals surface area contributed by atoms with Crippen molar-refractivity contribution in [2.75, 3.05) is 31.9 Å². The number of carbonyl (C=O) groups is 1. The van der Waals surface area contributed by atoms with Crippen LogP contribution in [-0.4, -0.2) is 32.7 Å². The summed E-state index contributed by atoms with van der Waals surface area (Å²) in [6, 6.07) is 0.117. The molecule has 1 unspecified atom stereocenters. The van der Waals surface area contributed by atoms with Crippen LogP contribution < -0.4 is 15.8 Å². The molecular weight excluding hydrogens is 252 g/mol. The molecule has 0 aliphatic carbocycles. The first-order valence-electron chi connectivity index (χ1n) is 5.80. The molecule has 0 saturated heterocycles. The maximum absolute atomic E-state index is 11.7. The lowest BCUT2D eigenvalue weighted by molar-refractivity contribution is 0.0992. The smallest absolute Gasteiger partial charge is 0.176 e. The van der Waals surface area contributed by atoms with Gasteiger partial charge >= 0.3 is 0 Å². The van der Waals surface area contributed by atoms with Crippen molar-refractivity contribution in [3.63, 3.8) is 0 Å². The number of ketones is 1. The Bertz CT molecular complexity index is 418. The van der Waals surface area contributed by atoms with Crippen molar-refractivity contribution in [3.8, 4) is 5.75 Å². The lowest BCUT2D eigenvalue weighted by Crippen LogP contribution is -2.20. The second-order valence-corrected chi connectivity index (χ2v) is 5.01. The number of hydrogen-bond acceptors (Lipinski definition) is 6. The van der Waals surface area contributed by atoms with Crippen molar-refractivity contribution in [2.45, 2.75) is 26.3 Å². The first kappa shape index (κ1) is 14.8. The van der Waals surface area contributed by atoms with Gasteiger partial charge in [0, 0.05) is 19.6 Å². The Balaban J connectivity index is 3.00. The topological polar surface area (TPSA) is 73.6 Å². The number of anilines is 2. The third-order valence-electron chi connectivity index (χ3n) is 2.47. The van der Waals surface area contributed by atoms with Crippen LogP contribution in [0, 0.1) is 0 Å². The number of rotatable bonds is 7. The van der Waals surface area contributed by atoms with Crippen LogP contribution in [0.4, 0.5) is 10.7 Å². The Morgan fingerprint density at radius 1 is 1.50 bits per heavy atom. The quantitative estimate of drug-likeness (QED) is 0.745. The lowest BCUT2D eigenvalue weighted by atomic mass is 10.2. The van der Waals surface area contributed by atoms with E-state index in [9.17, 15) is 4.79 Å². The van der Waals surface area contributed by atoms with Crippen LogP contribution in [0.2, 0.25) is 0 Å². The molecular formula is C12H20N2O3S. The Hall–Kier alpha value is -1.27. The van der Waals surface area contributed by atoms with Gasteiger partial charge in [0.25, 0.3) is 0 Å². The van der Waals surface area contributed by atoms with Crippen molar-refractivity contribution in [1.29, 1.82) is 0 Å². The van der Waals surface area contributed by atoms with Crippen LogP contribution in [0.1, 0.15) is 29.9 Å². The molecule has 1 aromatic rings. The Kier molecular flexibility index (Phi) is 5.43. The van der Waals surface area contributed by atoms with E-state index >= 15 is 0 Å². The van der Waals surface area contributed by atoms with Gasteiger partial charge in [0.15, 0.2) is 11.5 Å².